The van der Waals surface area contributed by atoms with Crippen LogP contribution in [0.1, 0.15) is 36.1 Å². The standard InChI is InChI=1S/C18H16F3NO/c1-12(13-5-3-2-4-6-13)22-16-11-15(18(19,20)21)9-7-14(16)8-10-17(22)23/h2-7,9,11-12H,8,10H2,1H3/t12-/m0/s1. The molecule has 1 amide bonds. The Morgan fingerprint density at radius 1 is 1.04 bits per heavy atom. The topological polar surface area (TPSA) is 20.3 Å². The Morgan fingerprint density at radius 2 is 1.74 bits per heavy atom. The minimum absolute atomic E-state index is 0.145. The van der Waals surface area contributed by atoms with Gasteiger partial charge in [0.1, 0.15) is 0 Å². The molecule has 23 heavy (non-hydrogen) atoms. The van der Waals surface area contributed by atoms with Crippen LogP contribution in [0.5, 0.6) is 0 Å². The van der Waals surface area contributed by atoms with Crippen LogP contribution in [-0.2, 0) is 17.4 Å². The molecule has 1 aliphatic heterocycles. The Labute approximate surface area is 132 Å². The fraction of sp³-hybridized carbons (Fsp3) is 0.278. The molecule has 0 N–H and O–H groups in total. The van der Waals surface area contributed by atoms with Crippen LogP contribution in [0, 0.1) is 0 Å². The number of amides is 1. The number of anilines is 1. The van der Waals surface area contributed by atoms with Crippen LogP contribution >= 0.6 is 0 Å². The lowest BCUT2D eigenvalue weighted by atomic mass is 9.95. The normalized spacial score (nSPS) is 16.2. The van der Waals surface area contributed by atoms with E-state index in [1.54, 1.807) is 0 Å². The van der Waals surface area contributed by atoms with Crippen LogP contribution in [0.4, 0.5) is 18.9 Å². The molecule has 3 rings (SSSR count). The van der Waals surface area contributed by atoms with Gasteiger partial charge < -0.3 is 4.90 Å². The molecule has 0 aliphatic carbocycles. The highest BCUT2D eigenvalue weighted by atomic mass is 19.4. The molecular weight excluding hydrogens is 303 g/mol. The second-order valence-corrected chi connectivity index (χ2v) is 5.69. The first-order valence-corrected chi connectivity index (χ1v) is 7.45. The van der Waals surface area contributed by atoms with E-state index in [0.717, 1.165) is 23.3 Å². The highest BCUT2D eigenvalue weighted by molar-refractivity contribution is 5.97. The summed E-state index contributed by atoms with van der Waals surface area (Å²) in [5.41, 5.74) is 1.31. The van der Waals surface area contributed by atoms with Gasteiger partial charge in [-0.15, -0.1) is 0 Å². The molecule has 0 aromatic heterocycles. The molecule has 0 spiro atoms. The van der Waals surface area contributed by atoms with Crippen molar-refractivity contribution in [2.45, 2.75) is 32.0 Å². The lowest BCUT2D eigenvalue weighted by molar-refractivity contribution is -0.137. The molecule has 2 aromatic carbocycles. The number of benzene rings is 2. The second-order valence-electron chi connectivity index (χ2n) is 5.69. The van der Waals surface area contributed by atoms with Gasteiger partial charge in [-0.25, -0.2) is 0 Å². The number of rotatable bonds is 2. The molecule has 2 aromatic rings. The maximum absolute atomic E-state index is 13.0. The molecule has 0 unspecified atom stereocenters. The number of halogens is 3. The third-order valence-electron chi connectivity index (χ3n) is 4.22. The van der Waals surface area contributed by atoms with Crippen molar-refractivity contribution in [1.29, 1.82) is 0 Å². The number of nitrogens with zero attached hydrogens (tertiary/aromatic N) is 1. The van der Waals surface area contributed by atoms with Crippen molar-refractivity contribution in [3.63, 3.8) is 0 Å². The molecule has 0 radical (unpaired) electrons. The third kappa shape index (κ3) is 2.96. The summed E-state index contributed by atoms with van der Waals surface area (Å²) in [6.45, 7) is 1.84. The van der Waals surface area contributed by atoms with Crippen LogP contribution < -0.4 is 4.90 Å². The van der Waals surface area contributed by atoms with Gasteiger partial charge in [-0.2, -0.15) is 13.2 Å². The van der Waals surface area contributed by atoms with Gasteiger partial charge in [0.15, 0.2) is 0 Å². The third-order valence-corrected chi connectivity index (χ3v) is 4.22. The molecule has 0 saturated carbocycles. The lowest BCUT2D eigenvalue weighted by Gasteiger charge is -2.35. The van der Waals surface area contributed by atoms with Crippen molar-refractivity contribution in [2.75, 3.05) is 4.90 Å². The monoisotopic (exact) mass is 319 g/mol. The molecule has 1 aliphatic rings. The van der Waals surface area contributed by atoms with E-state index < -0.39 is 11.7 Å². The number of carbonyl (C=O) groups is 1. The predicted molar refractivity (Wildman–Crippen MR) is 82.1 cm³/mol. The zero-order valence-corrected chi connectivity index (χ0v) is 12.6. The zero-order valence-electron chi connectivity index (χ0n) is 12.6. The van der Waals surface area contributed by atoms with Gasteiger partial charge in [-0.3, -0.25) is 4.79 Å². The highest BCUT2D eigenvalue weighted by Crippen LogP contribution is 2.39. The summed E-state index contributed by atoms with van der Waals surface area (Å²) in [6.07, 6.45) is -3.63. The van der Waals surface area contributed by atoms with E-state index in [9.17, 15) is 18.0 Å². The maximum atomic E-state index is 13.0. The summed E-state index contributed by atoms with van der Waals surface area (Å²) < 4.78 is 39.0. The van der Waals surface area contributed by atoms with Crippen molar-refractivity contribution in [3.05, 3.63) is 65.2 Å². The number of hydrogen-bond donors (Lipinski definition) is 0. The molecule has 1 heterocycles. The zero-order chi connectivity index (χ0) is 16.6. The maximum Gasteiger partial charge on any atom is 0.416 e. The minimum Gasteiger partial charge on any atom is -0.305 e. The SMILES string of the molecule is C[C@@H](c1ccccc1)N1C(=O)CCc2ccc(C(F)(F)F)cc21. The number of fused-ring (bicyclic) bond motifs is 1. The number of aryl methyl sites for hydroxylation is 1. The van der Waals surface area contributed by atoms with E-state index in [1.807, 2.05) is 37.3 Å². The summed E-state index contributed by atoms with van der Waals surface area (Å²) in [6, 6.07) is 12.7. The van der Waals surface area contributed by atoms with Gasteiger partial charge in [0.2, 0.25) is 5.91 Å². The first-order chi connectivity index (χ1) is 10.9. The minimum atomic E-state index is -4.42. The van der Waals surface area contributed by atoms with Gasteiger partial charge in [-0.1, -0.05) is 36.4 Å². The first kappa shape index (κ1) is 15.6. The molecular formula is C18H16F3NO. The summed E-state index contributed by atoms with van der Waals surface area (Å²) in [5.74, 6) is -0.145. The molecule has 0 fully saturated rings. The van der Waals surface area contributed by atoms with Gasteiger partial charge in [0.05, 0.1) is 11.6 Å². The average Bonchev–Trinajstić information content (AvgIpc) is 2.53. The fourth-order valence-corrected chi connectivity index (χ4v) is 2.98. The van der Waals surface area contributed by atoms with Gasteiger partial charge >= 0.3 is 6.18 Å². The predicted octanol–water partition coefficient (Wildman–Crippen LogP) is 4.75. The van der Waals surface area contributed by atoms with Crippen molar-refractivity contribution < 1.29 is 18.0 Å². The van der Waals surface area contributed by atoms with Crippen LogP contribution in [0.2, 0.25) is 0 Å². The largest absolute Gasteiger partial charge is 0.416 e. The van der Waals surface area contributed by atoms with E-state index in [2.05, 4.69) is 0 Å². The van der Waals surface area contributed by atoms with Gasteiger partial charge in [0, 0.05) is 12.1 Å². The molecule has 2 nitrogen and oxygen atoms in total. The molecule has 0 bridgehead atoms. The van der Waals surface area contributed by atoms with E-state index >= 15 is 0 Å². The number of alkyl halides is 3. The summed E-state index contributed by atoms with van der Waals surface area (Å²) in [4.78, 5) is 13.9. The smallest absolute Gasteiger partial charge is 0.305 e. The van der Waals surface area contributed by atoms with Gasteiger partial charge in [-0.05, 0) is 36.6 Å². The van der Waals surface area contributed by atoms with Crippen LogP contribution in [0.15, 0.2) is 48.5 Å². The Hall–Kier alpha value is -2.30. The Balaban J connectivity index is 2.07. The van der Waals surface area contributed by atoms with E-state index in [4.69, 9.17) is 0 Å². The van der Waals surface area contributed by atoms with E-state index in [-0.39, 0.29) is 11.9 Å². The van der Waals surface area contributed by atoms with Crippen molar-refractivity contribution >= 4 is 11.6 Å². The van der Waals surface area contributed by atoms with Crippen LogP contribution in [-0.4, -0.2) is 5.91 Å². The van der Waals surface area contributed by atoms with Crippen LogP contribution in [0.3, 0.4) is 0 Å². The van der Waals surface area contributed by atoms with Crippen LogP contribution in [0.25, 0.3) is 0 Å². The Bertz CT molecular complexity index is 725. The molecule has 1 atom stereocenters. The van der Waals surface area contributed by atoms with E-state index in [1.165, 1.54) is 11.0 Å². The van der Waals surface area contributed by atoms with Gasteiger partial charge in [0.25, 0.3) is 0 Å². The average molecular weight is 319 g/mol. The second kappa shape index (κ2) is 5.72. The summed E-state index contributed by atoms with van der Waals surface area (Å²) >= 11 is 0. The summed E-state index contributed by atoms with van der Waals surface area (Å²) in [5, 5.41) is 0. The Kier molecular flexibility index (Phi) is 3.88. The highest BCUT2D eigenvalue weighted by Gasteiger charge is 2.34. The fourth-order valence-electron chi connectivity index (χ4n) is 2.98. The van der Waals surface area contributed by atoms with E-state index in [0.29, 0.717) is 18.5 Å². The lowest BCUT2D eigenvalue weighted by Crippen LogP contribution is -2.37. The first-order valence-electron chi connectivity index (χ1n) is 7.45. The Morgan fingerprint density at radius 3 is 2.39 bits per heavy atom. The van der Waals surface area contributed by atoms with Crippen molar-refractivity contribution in [1.82, 2.24) is 0 Å². The summed E-state index contributed by atoms with van der Waals surface area (Å²) in [7, 11) is 0. The quantitative estimate of drug-likeness (QED) is 0.782. The molecule has 0 saturated heterocycles. The number of hydrogen-bond acceptors (Lipinski definition) is 1. The molecule has 120 valence electrons. The van der Waals surface area contributed by atoms with Crippen molar-refractivity contribution in [3.8, 4) is 0 Å². The number of carbonyl (C=O) groups excluding carboxylic acids is 1. The molecule has 5 heteroatoms. The van der Waals surface area contributed by atoms with Crippen molar-refractivity contribution in [2.24, 2.45) is 0 Å².